The minimum Gasteiger partial charge on any atom is -0.478 e. The fraction of sp³-hybridized carbons (Fsp3) is 0.429. The van der Waals surface area contributed by atoms with E-state index in [1.54, 1.807) is 13.8 Å². The van der Waals surface area contributed by atoms with E-state index < -0.39 is 23.9 Å². The van der Waals surface area contributed by atoms with Crippen LogP contribution in [0, 0.1) is 5.41 Å². The highest BCUT2D eigenvalue weighted by Crippen LogP contribution is 2.10. The van der Waals surface area contributed by atoms with Crippen LogP contribution >= 0.6 is 0 Å². The van der Waals surface area contributed by atoms with Gasteiger partial charge in [0, 0.05) is 27.7 Å². The zero-order valence-corrected chi connectivity index (χ0v) is 19.1. The Labute approximate surface area is 183 Å². The number of aliphatic carboxylic acids is 4. The van der Waals surface area contributed by atoms with Crippen LogP contribution in [0.4, 0.5) is 0 Å². The molecule has 0 heterocycles. The number of aliphatic hydroxyl groups excluding tert-OH is 2. The maximum Gasteiger partial charge on any atom is 0.330 e. The third-order valence-corrected chi connectivity index (χ3v) is 2.32. The Bertz CT molecular complexity index is 493. The molecule has 10 nitrogen and oxygen atoms in total. The van der Waals surface area contributed by atoms with Gasteiger partial charge in [-0.25, -0.2) is 19.2 Å². The highest BCUT2D eigenvalue weighted by Gasteiger charge is 2.13. The fourth-order valence-corrected chi connectivity index (χ4v) is 0.0500. The largest absolute Gasteiger partial charge is 0.478 e. The average Bonchev–Trinajstić information content (AvgIpc) is 2.63. The molecule has 6 N–H and O–H groups in total. The Morgan fingerprint density at radius 1 is 0.548 bits per heavy atom. The van der Waals surface area contributed by atoms with Crippen molar-refractivity contribution in [3.8, 4) is 0 Å². The molecule has 0 aliphatic heterocycles. The predicted octanol–water partition coefficient (Wildman–Crippen LogP) is 2.59. The predicted molar refractivity (Wildman–Crippen MR) is 118 cm³/mol. The molecule has 0 spiro atoms. The number of rotatable bonds is 6. The lowest BCUT2D eigenvalue weighted by molar-refractivity contribution is -0.133. The molecular weight excluding hydrogens is 412 g/mol. The number of hydrogen-bond donors (Lipinski definition) is 6. The van der Waals surface area contributed by atoms with Gasteiger partial charge in [-0.1, -0.05) is 40.2 Å². The van der Waals surface area contributed by atoms with Crippen molar-refractivity contribution in [3.05, 3.63) is 48.6 Å². The second-order valence-electron chi connectivity index (χ2n) is 6.82. The third-order valence-electron chi connectivity index (χ3n) is 2.32. The summed E-state index contributed by atoms with van der Waals surface area (Å²) in [5.41, 5.74) is 0.398. The van der Waals surface area contributed by atoms with Crippen molar-refractivity contribution in [2.24, 2.45) is 5.41 Å². The molecule has 0 unspecified atom stereocenters. The molecule has 0 atom stereocenters. The van der Waals surface area contributed by atoms with E-state index >= 15 is 0 Å². The van der Waals surface area contributed by atoms with E-state index in [1.165, 1.54) is 27.7 Å². The van der Waals surface area contributed by atoms with Crippen LogP contribution in [0.5, 0.6) is 0 Å². The van der Waals surface area contributed by atoms with Crippen LogP contribution in [0.1, 0.15) is 41.5 Å². The standard InChI is InChI=1S/C5H12O2.4C4H6O2/c1-5(2,3-6)4-7;4*1-3(2)4(5)6/h6-7H,3-4H2,1-2H3;4*1H2,2H3,(H,5,6). The van der Waals surface area contributed by atoms with Gasteiger partial charge in [-0.05, 0) is 27.7 Å². The van der Waals surface area contributed by atoms with Crippen LogP contribution in [0.2, 0.25) is 0 Å². The Kier molecular flexibility index (Phi) is 26.6. The van der Waals surface area contributed by atoms with Crippen LogP contribution in [0.25, 0.3) is 0 Å². The van der Waals surface area contributed by atoms with Crippen molar-refractivity contribution in [2.75, 3.05) is 13.2 Å². The van der Waals surface area contributed by atoms with E-state index in [9.17, 15) is 19.2 Å². The summed E-state index contributed by atoms with van der Waals surface area (Å²) in [6.45, 7) is 22.1. The highest BCUT2D eigenvalue weighted by atomic mass is 16.4. The summed E-state index contributed by atoms with van der Waals surface area (Å²) < 4.78 is 0. The lowest BCUT2D eigenvalue weighted by Gasteiger charge is -2.16. The van der Waals surface area contributed by atoms with Crippen LogP contribution < -0.4 is 0 Å². The van der Waals surface area contributed by atoms with Gasteiger partial charge in [0.2, 0.25) is 0 Å². The van der Waals surface area contributed by atoms with Crippen molar-refractivity contribution in [1.82, 2.24) is 0 Å². The van der Waals surface area contributed by atoms with Gasteiger partial charge in [-0.3, -0.25) is 0 Å². The first-order valence-corrected chi connectivity index (χ1v) is 8.46. The summed E-state index contributed by atoms with van der Waals surface area (Å²) in [4.78, 5) is 38.4. The van der Waals surface area contributed by atoms with Gasteiger partial charge < -0.3 is 30.6 Å². The van der Waals surface area contributed by atoms with Crippen LogP contribution in [0.15, 0.2) is 48.6 Å². The Hall–Kier alpha value is -3.24. The molecule has 0 aromatic heterocycles. The summed E-state index contributed by atoms with van der Waals surface area (Å²) in [6, 6.07) is 0. The van der Waals surface area contributed by atoms with E-state index in [4.69, 9.17) is 30.6 Å². The Morgan fingerprint density at radius 3 is 0.645 bits per heavy atom. The molecule has 0 aliphatic rings. The molecule has 0 radical (unpaired) electrons. The Morgan fingerprint density at radius 2 is 0.645 bits per heavy atom. The molecule has 0 saturated carbocycles. The molecule has 0 aromatic rings. The fourth-order valence-electron chi connectivity index (χ4n) is 0.0500. The minimum absolute atomic E-state index is 0.0451. The minimum atomic E-state index is -0.935. The molecule has 0 aliphatic carbocycles. The normalized spacial score (nSPS) is 8.52. The lowest BCUT2D eigenvalue weighted by Crippen LogP contribution is -2.20. The van der Waals surface area contributed by atoms with E-state index in [-0.39, 0.29) is 40.9 Å². The molecule has 0 amide bonds. The second-order valence-corrected chi connectivity index (χ2v) is 6.82. The number of aliphatic hydroxyl groups is 2. The van der Waals surface area contributed by atoms with Gasteiger partial charge in [-0.15, -0.1) is 0 Å². The number of carbonyl (C=O) groups is 4. The molecular formula is C21H36O10. The van der Waals surface area contributed by atoms with Gasteiger partial charge in [-0.2, -0.15) is 0 Å². The van der Waals surface area contributed by atoms with Gasteiger partial charge in [0.1, 0.15) is 0 Å². The molecule has 0 rings (SSSR count). The number of hydrogen-bond acceptors (Lipinski definition) is 6. The van der Waals surface area contributed by atoms with Gasteiger partial charge in [0.05, 0.1) is 13.2 Å². The zero-order valence-electron chi connectivity index (χ0n) is 19.1. The summed E-state index contributed by atoms with van der Waals surface area (Å²) in [5.74, 6) is -3.74. The second kappa shape index (κ2) is 21.5. The highest BCUT2D eigenvalue weighted by molar-refractivity contribution is 5.85. The molecule has 0 aromatic carbocycles. The van der Waals surface area contributed by atoms with Gasteiger partial charge in [0.15, 0.2) is 0 Å². The average molecular weight is 449 g/mol. The third kappa shape index (κ3) is 46.6. The van der Waals surface area contributed by atoms with Crippen LogP contribution in [0.3, 0.4) is 0 Å². The number of carboxylic acid groups (broad SMARTS) is 4. The van der Waals surface area contributed by atoms with Crippen molar-refractivity contribution in [1.29, 1.82) is 0 Å². The first kappa shape index (κ1) is 38.4. The summed E-state index contributed by atoms with van der Waals surface area (Å²) >= 11 is 0. The van der Waals surface area contributed by atoms with E-state index in [0.29, 0.717) is 0 Å². The molecule has 31 heavy (non-hydrogen) atoms. The van der Waals surface area contributed by atoms with E-state index in [2.05, 4.69) is 26.3 Å². The molecule has 0 saturated heterocycles. The quantitative estimate of drug-likeness (QED) is 0.329. The Balaban J connectivity index is -0.0000000910. The molecule has 0 fully saturated rings. The molecule has 10 heteroatoms. The van der Waals surface area contributed by atoms with Crippen molar-refractivity contribution in [2.45, 2.75) is 41.5 Å². The smallest absolute Gasteiger partial charge is 0.330 e. The summed E-state index contributed by atoms with van der Waals surface area (Å²) in [5, 5.41) is 48.4. The van der Waals surface area contributed by atoms with Gasteiger partial charge >= 0.3 is 23.9 Å². The number of carboxylic acids is 4. The van der Waals surface area contributed by atoms with E-state index in [0.717, 1.165) is 0 Å². The maximum absolute atomic E-state index is 9.60. The SMILES string of the molecule is C=C(C)C(=O)O.C=C(C)C(=O)O.C=C(C)C(=O)O.C=C(C)C(=O)O.CC(C)(CO)CO. The first-order chi connectivity index (χ1) is 13.7. The van der Waals surface area contributed by atoms with E-state index in [1.807, 2.05) is 0 Å². The van der Waals surface area contributed by atoms with Crippen molar-refractivity contribution < 1.29 is 49.8 Å². The van der Waals surface area contributed by atoms with Gasteiger partial charge in [0.25, 0.3) is 0 Å². The summed E-state index contributed by atoms with van der Waals surface area (Å²) in [7, 11) is 0. The molecule has 180 valence electrons. The topological polar surface area (TPSA) is 190 Å². The van der Waals surface area contributed by atoms with Crippen LogP contribution in [-0.4, -0.2) is 67.7 Å². The molecule has 0 bridgehead atoms. The van der Waals surface area contributed by atoms with Crippen molar-refractivity contribution >= 4 is 23.9 Å². The van der Waals surface area contributed by atoms with Crippen LogP contribution in [-0.2, 0) is 19.2 Å². The first-order valence-electron chi connectivity index (χ1n) is 8.46. The van der Waals surface area contributed by atoms with Crippen molar-refractivity contribution in [3.63, 3.8) is 0 Å². The zero-order chi connectivity index (χ0) is 26.5. The maximum atomic E-state index is 9.60. The summed E-state index contributed by atoms with van der Waals surface area (Å²) in [6.07, 6.45) is 0. The monoisotopic (exact) mass is 448 g/mol. The lowest BCUT2D eigenvalue weighted by atomic mass is 9.97.